The van der Waals surface area contributed by atoms with E-state index in [1.54, 1.807) is 60.5 Å². The number of amides is 3. The molecule has 2 saturated heterocycles. The van der Waals surface area contributed by atoms with Crippen molar-refractivity contribution in [2.75, 3.05) is 23.5 Å². The lowest BCUT2D eigenvalue weighted by Crippen LogP contribution is -2.32. The van der Waals surface area contributed by atoms with E-state index in [4.69, 9.17) is 9.47 Å². The summed E-state index contributed by atoms with van der Waals surface area (Å²) in [6.07, 6.45) is 3.07. The van der Waals surface area contributed by atoms with Crippen LogP contribution in [0.1, 0.15) is 25.7 Å². The molecule has 0 radical (unpaired) electrons. The number of methoxy groups -OCH3 is 1. The molecule has 8 nitrogen and oxygen atoms in total. The Morgan fingerprint density at radius 1 is 0.886 bits per heavy atom. The Morgan fingerprint density at radius 2 is 1.57 bits per heavy atom. The molecule has 0 aromatic heterocycles. The SMILES string of the molecule is COc1ccc(N2C[C@H](C(=O)Oc3cccc(N4C(=O)[C@@H]5[C@H]6CC[C@@H](C6)[C@H]5C4=O)c3)CC2=O)cc1. The van der Waals surface area contributed by atoms with Crippen LogP contribution in [0.2, 0.25) is 0 Å². The smallest absolute Gasteiger partial charge is 0.316 e. The van der Waals surface area contributed by atoms with Crippen LogP contribution in [0.4, 0.5) is 11.4 Å². The maximum absolute atomic E-state index is 13.1. The molecule has 2 aliphatic carbocycles. The van der Waals surface area contributed by atoms with E-state index >= 15 is 0 Å². The van der Waals surface area contributed by atoms with Gasteiger partial charge >= 0.3 is 5.97 Å². The van der Waals surface area contributed by atoms with Gasteiger partial charge in [0.2, 0.25) is 17.7 Å². The topological polar surface area (TPSA) is 93.2 Å². The fraction of sp³-hybridized carbons (Fsp3) is 0.407. The molecule has 2 bridgehead atoms. The van der Waals surface area contributed by atoms with E-state index in [-0.39, 0.29) is 48.3 Å². The second-order valence-electron chi connectivity index (χ2n) is 9.92. The molecule has 2 saturated carbocycles. The molecule has 0 N–H and O–H groups in total. The number of anilines is 2. The van der Waals surface area contributed by atoms with E-state index < -0.39 is 11.9 Å². The van der Waals surface area contributed by atoms with Crippen LogP contribution in [-0.2, 0) is 19.2 Å². The first kappa shape index (κ1) is 21.8. The van der Waals surface area contributed by atoms with Crippen LogP contribution >= 0.6 is 0 Å². The van der Waals surface area contributed by atoms with Crippen LogP contribution in [0.25, 0.3) is 0 Å². The summed E-state index contributed by atoms with van der Waals surface area (Å²) in [7, 11) is 1.57. The second kappa shape index (κ2) is 8.22. The highest BCUT2D eigenvalue weighted by molar-refractivity contribution is 6.22. The predicted molar refractivity (Wildman–Crippen MR) is 126 cm³/mol. The van der Waals surface area contributed by atoms with Gasteiger partial charge < -0.3 is 14.4 Å². The molecule has 180 valence electrons. The minimum Gasteiger partial charge on any atom is -0.497 e. The number of hydrogen-bond acceptors (Lipinski definition) is 6. The lowest BCUT2D eigenvalue weighted by Gasteiger charge is -2.19. The van der Waals surface area contributed by atoms with Crippen molar-refractivity contribution >= 4 is 35.1 Å². The Morgan fingerprint density at radius 3 is 2.23 bits per heavy atom. The van der Waals surface area contributed by atoms with Gasteiger partial charge in [-0.05, 0) is 67.5 Å². The van der Waals surface area contributed by atoms with Crippen molar-refractivity contribution in [3.8, 4) is 11.5 Å². The standard InChI is InChI=1S/C27H26N2O6/c1-34-20-9-7-18(8-10-20)28-14-17(12-22(28)30)27(33)35-21-4-2-3-19(13-21)29-25(31)23-15-5-6-16(11-15)24(23)26(29)32/h2-4,7-10,13,15-17,23-24H,5-6,11-12,14H2,1H3/t15-,16-,17+,23+,24+/m0/s1. The van der Waals surface area contributed by atoms with Crippen molar-refractivity contribution in [3.63, 3.8) is 0 Å². The quantitative estimate of drug-likeness (QED) is 0.375. The minimum absolute atomic E-state index is 0.0553. The Labute approximate surface area is 202 Å². The Bertz CT molecular complexity index is 1200. The van der Waals surface area contributed by atoms with E-state index in [2.05, 4.69) is 0 Å². The van der Waals surface area contributed by atoms with Crippen LogP contribution < -0.4 is 19.3 Å². The van der Waals surface area contributed by atoms with Crippen molar-refractivity contribution in [3.05, 3.63) is 48.5 Å². The minimum atomic E-state index is -0.613. The fourth-order valence-corrected chi connectivity index (χ4v) is 6.43. The summed E-state index contributed by atoms with van der Waals surface area (Å²) in [4.78, 5) is 54.5. The summed E-state index contributed by atoms with van der Waals surface area (Å²) >= 11 is 0. The highest BCUT2D eigenvalue weighted by Crippen LogP contribution is 2.56. The molecule has 2 aromatic carbocycles. The average Bonchev–Trinajstić information content (AvgIpc) is 3.63. The Kier molecular flexibility index (Phi) is 5.12. The maximum atomic E-state index is 13.1. The van der Waals surface area contributed by atoms with Gasteiger partial charge in [0.25, 0.3) is 0 Å². The first-order valence-corrected chi connectivity index (χ1v) is 12.1. The van der Waals surface area contributed by atoms with Crippen LogP contribution in [0, 0.1) is 29.6 Å². The zero-order valence-corrected chi connectivity index (χ0v) is 19.4. The van der Waals surface area contributed by atoms with Gasteiger partial charge in [0, 0.05) is 24.7 Å². The number of ether oxygens (including phenoxy) is 2. The number of fused-ring (bicyclic) bond motifs is 5. The van der Waals surface area contributed by atoms with Crippen molar-refractivity contribution < 1.29 is 28.7 Å². The highest BCUT2D eigenvalue weighted by atomic mass is 16.5. The van der Waals surface area contributed by atoms with Gasteiger partial charge in [-0.1, -0.05) is 6.07 Å². The maximum Gasteiger partial charge on any atom is 0.316 e. The molecule has 4 fully saturated rings. The summed E-state index contributed by atoms with van der Waals surface area (Å²) in [6.45, 7) is 0.221. The molecular formula is C27H26N2O6. The molecule has 4 aliphatic rings. The normalized spacial score (nSPS) is 29.2. The van der Waals surface area contributed by atoms with E-state index in [1.807, 2.05) is 0 Å². The second-order valence-corrected chi connectivity index (χ2v) is 9.92. The van der Waals surface area contributed by atoms with Gasteiger partial charge in [0.15, 0.2) is 0 Å². The summed E-state index contributed by atoms with van der Waals surface area (Å²) in [6, 6.07) is 13.6. The van der Waals surface area contributed by atoms with Gasteiger partial charge in [-0.2, -0.15) is 0 Å². The largest absolute Gasteiger partial charge is 0.497 e. The number of hydrogen-bond donors (Lipinski definition) is 0. The molecule has 2 aromatic rings. The third kappa shape index (κ3) is 3.50. The average molecular weight is 475 g/mol. The summed E-state index contributed by atoms with van der Waals surface area (Å²) in [5.41, 5.74) is 1.13. The van der Waals surface area contributed by atoms with Crippen LogP contribution in [0.3, 0.4) is 0 Å². The van der Waals surface area contributed by atoms with E-state index in [0.29, 0.717) is 29.0 Å². The molecule has 2 aliphatic heterocycles. The zero-order chi connectivity index (χ0) is 24.3. The molecule has 5 atom stereocenters. The Balaban J connectivity index is 1.15. The number of imide groups is 1. The molecule has 0 spiro atoms. The summed E-state index contributed by atoms with van der Waals surface area (Å²) in [5, 5.41) is 0. The molecule has 8 heteroatoms. The third-order valence-corrected chi connectivity index (χ3v) is 8.06. The van der Waals surface area contributed by atoms with Crippen LogP contribution in [0.15, 0.2) is 48.5 Å². The Hall–Kier alpha value is -3.68. The van der Waals surface area contributed by atoms with Gasteiger partial charge in [0.05, 0.1) is 30.6 Å². The number of carbonyl (C=O) groups is 4. The first-order valence-electron chi connectivity index (χ1n) is 12.1. The van der Waals surface area contributed by atoms with Gasteiger partial charge in [-0.25, -0.2) is 4.90 Å². The van der Waals surface area contributed by atoms with Crippen molar-refractivity contribution in [1.82, 2.24) is 0 Å². The number of benzene rings is 2. The van der Waals surface area contributed by atoms with E-state index in [0.717, 1.165) is 19.3 Å². The number of nitrogens with zero attached hydrogens (tertiary/aromatic N) is 2. The molecule has 6 rings (SSSR count). The summed E-state index contributed by atoms with van der Waals surface area (Å²) < 4.78 is 10.8. The lowest BCUT2D eigenvalue weighted by atomic mass is 9.81. The third-order valence-electron chi connectivity index (χ3n) is 8.06. The summed E-state index contributed by atoms with van der Waals surface area (Å²) in [5.74, 6) is -0.409. The highest BCUT2D eigenvalue weighted by Gasteiger charge is 2.61. The number of carbonyl (C=O) groups excluding carboxylic acids is 4. The first-order chi connectivity index (χ1) is 16.9. The van der Waals surface area contributed by atoms with Gasteiger partial charge in [-0.3, -0.25) is 19.2 Å². The molecule has 2 heterocycles. The number of esters is 1. The van der Waals surface area contributed by atoms with E-state index in [9.17, 15) is 19.2 Å². The van der Waals surface area contributed by atoms with Crippen LogP contribution in [-0.4, -0.2) is 37.3 Å². The molecular weight excluding hydrogens is 448 g/mol. The monoisotopic (exact) mass is 474 g/mol. The van der Waals surface area contributed by atoms with Gasteiger partial charge in [0.1, 0.15) is 11.5 Å². The van der Waals surface area contributed by atoms with Gasteiger partial charge in [-0.15, -0.1) is 0 Å². The van der Waals surface area contributed by atoms with Crippen molar-refractivity contribution in [2.45, 2.75) is 25.7 Å². The van der Waals surface area contributed by atoms with Crippen molar-refractivity contribution in [1.29, 1.82) is 0 Å². The van der Waals surface area contributed by atoms with Crippen molar-refractivity contribution in [2.24, 2.45) is 29.6 Å². The lowest BCUT2D eigenvalue weighted by molar-refractivity contribution is -0.139. The molecule has 3 amide bonds. The fourth-order valence-electron chi connectivity index (χ4n) is 6.43. The molecule has 0 unspecified atom stereocenters. The number of rotatable bonds is 5. The van der Waals surface area contributed by atoms with E-state index in [1.165, 1.54) is 4.90 Å². The van der Waals surface area contributed by atoms with Crippen LogP contribution in [0.5, 0.6) is 11.5 Å². The predicted octanol–water partition coefficient (Wildman–Crippen LogP) is 3.19. The zero-order valence-electron chi connectivity index (χ0n) is 19.4. The molecule has 35 heavy (non-hydrogen) atoms.